The van der Waals surface area contributed by atoms with Crippen molar-refractivity contribution in [3.05, 3.63) is 77.6 Å². The highest BCUT2D eigenvalue weighted by Gasteiger charge is 2.12. The van der Waals surface area contributed by atoms with Crippen LogP contribution in [0.25, 0.3) is 10.8 Å². The first kappa shape index (κ1) is 13.3. The molecule has 3 aromatic rings. The van der Waals surface area contributed by atoms with Crippen LogP contribution in [-0.4, -0.2) is 12.9 Å². The van der Waals surface area contributed by atoms with E-state index in [2.05, 4.69) is 0 Å². The molecule has 0 fully saturated rings. The summed E-state index contributed by atoms with van der Waals surface area (Å²) in [5, 5.41) is 2.05. The van der Waals surface area contributed by atoms with Crippen molar-refractivity contribution < 1.29 is 13.9 Å². The Labute approximate surface area is 121 Å². The third-order valence-electron chi connectivity index (χ3n) is 3.43. The van der Waals surface area contributed by atoms with E-state index in [0.717, 1.165) is 10.8 Å². The van der Waals surface area contributed by atoms with Crippen molar-refractivity contribution in [3.8, 4) is 5.75 Å². The summed E-state index contributed by atoms with van der Waals surface area (Å²) in [4.78, 5) is 12.4. The largest absolute Gasteiger partial charge is 0.494 e. The summed E-state index contributed by atoms with van der Waals surface area (Å²) >= 11 is 0. The van der Waals surface area contributed by atoms with Gasteiger partial charge in [0.15, 0.2) is 17.3 Å². The minimum absolute atomic E-state index is 0.130. The Hall–Kier alpha value is -2.68. The summed E-state index contributed by atoms with van der Waals surface area (Å²) in [5.74, 6) is -0.614. The Morgan fingerprint density at radius 3 is 2.29 bits per heavy atom. The normalized spacial score (nSPS) is 10.6. The van der Waals surface area contributed by atoms with Gasteiger partial charge in [0.25, 0.3) is 0 Å². The number of benzene rings is 3. The molecule has 21 heavy (non-hydrogen) atoms. The van der Waals surface area contributed by atoms with Gasteiger partial charge in [-0.3, -0.25) is 4.79 Å². The van der Waals surface area contributed by atoms with E-state index in [1.165, 1.54) is 19.2 Å². The lowest BCUT2D eigenvalue weighted by Gasteiger charge is -2.06. The van der Waals surface area contributed by atoms with Crippen LogP contribution in [0.5, 0.6) is 5.75 Å². The molecule has 0 N–H and O–H groups in total. The number of halogens is 1. The number of hydrogen-bond acceptors (Lipinski definition) is 2. The second-order valence-electron chi connectivity index (χ2n) is 4.74. The molecule has 0 aliphatic heterocycles. The molecule has 0 aliphatic carbocycles. The molecule has 0 aliphatic rings. The first-order valence-corrected chi connectivity index (χ1v) is 6.56. The molecule has 0 spiro atoms. The van der Waals surface area contributed by atoms with Gasteiger partial charge >= 0.3 is 0 Å². The van der Waals surface area contributed by atoms with Crippen LogP contribution in [0.4, 0.5) is 4.39 Å². The van der Waals surface area contributed by atoms with Gasteiger partial charge in [0, 0.05) is 11.1 Å². The molecular weight excluding hydrogens is 267 g/mol. The minimum atomic E-state index is -0.538. The fourth-order valence-corrected chi connectivity index (χ4v) is 2.30. The van der Waals surface area contributed by atoms with Crippen molar-refractivity contribution in [1.29, 1.82) is 0 Å². The van der Waals surface area contributed by atoms with E-state index < -0.39 is 5.82 Å². The molecule has 0 unspecified atom stereocenters. The molecular formula is C18H13FO2. The highest BCUT2D eigenvalue weighted by atomic mass is 19.1. The molecule has 104 valence electrons. The summed E-state index contributed by atoms with van der Waals surface area (Å²) in [5.41, 5.74) is 0.849. The lowest BCUT2D eigenvalue weighted by Crippen LogP contribution is -2.02. The van der Waals surface area contributed by atoms with Crippen LogP contribution in [-0.2, 0) is 0 Å². The fourth-order valence-electron chi connectivity index (χ4n) is 2.30. The van der Waals surface area contributed by atoms with Crippen LogP contribution in [0.1, 0.15) is 15.9 Å². The average Bonchev–Trinajstić information content (AvgIpc) is 2.53. The fraction of sp³-hybridized carbons (Fsp3) is 0.0556. The predicted octanol–water partition coefficient (Wildman–Crippen LogP) is 4.22. The zero-order valence-corrected chi connectivity index (χ0v) is 11.5. The van der Waals surface area contributed by atoms with E-state index >= 15 is 0 Å². The predicted molar refractivity (Wildman–Crippen MR) is 80.3 cm³/mol. The number of carbonyl (C=O) groups excluding carboxylic acids is 1. The van der Waals surface area contributed by atoms with Gasteiger partial charge in [0.1, 0.15) is 0 Å². The standard InChI is InChI=1S/C18H13FO2/c1-21-17-9-8-15(11-16(17)19)18(20)14-7-6-12-4-2-3-5-13(12)10-14/h2-11H,1H3. The van der Waals surface area contributed by atoms with Gasteiger partial charge in [0.2, 0.25) is 0 Å². The van der Waals surface area contributed by atoms with Gasteiger partial charge in [-0.1, -0.05) is 36.4 Å². The zero-order valence-electron chi connectivity index (χ0n) is 11.5. The van der Waals surface area contributed by atoms with Crippen molar-refractivity contribution >= 4 is 16.6 Å². The Bertz CT molecular complexity index is 824. The number of ether oxygens (including phenoxy) is 1. The lowest BCUT2D eigenvalue weighted by molar-refractivity contribution is 0.103. The van der Waals surface area contributed by atoms with Gasteiger partial charge in [0.05, 0.1) is 7.11 Å². The molecule has 0 aromatic heterocycles. The van der Waals surface area contributed by atoms with E-state index in [9.17, 15) is 9.18 Å². The molecule has 0 bridgehead atoms. The van der Waals surface area contributed by atoms with Crippen LogP contribution in [0.3, 0.4) is 0 Å². The number of ketones is 1. The van der Waals surface area contributed by atoms with Gasteiger partial charge in [-0.05, 0) is 35.0 Å². The lowest BCUT2D eigenvalue weighted by atomic mass is 10.00. The molecule has 3 rings (SSSR count). The van der Waals surface area contributed by atoms with Crippen molar-refractivity contribution in [2.75, 3.05) is 7.11 Å². The molecule has 0 heterocycles. The van der Waals surface area contributed by atoms with Crippen LogP contribution < -0.4 is 4.74 Å². The summed E-state index contributed by atoms with van der Waals surface area (Å²) < 4.78 is 18.6. The number of rotatable bonds is 3. The number of methoxy groups -OCH3 is 1. The van der Waals surface area contributed by atoms with Gasteiger partial charge in [-0.15, -0.1) is 0 Å². The smallest absolute Gasteiger partial charge is 0.193 e. The quantitative estimate of drug-likeness (QED) is 0.671. The highest BCUT2D eigenvalue weighted by molar-refractivity contribution is 6.10. The first-order chi connectivity index (χ1) is 10.2. The summed E-state index contributed by atoms with van der Waals surface area (Å²) in [7, 11) is 1.39. The molecule has 0 radical (unpaired) electrons. The Morgan fingerprint density at radius 1 is 0.905 bits per heavy atom. The van der Waals surface area contributed by atoms with E-state index in [4.69, 9.17) is 4.74 Å². The molecule has 0 atom stereocenters. The highest BCUT2D eigenvalue weighted by Crippen LogP contribution is 2.22. The Kier molecular flexibility index (Phi) is 3.40. The SMILES string of the molecule is COc1ccc(C(=O)c2ccc3ccccc3c2)cc1F. The molecule has 2 nitrogen and oxygen atoms in total. The Balaban J connectivity index is 2.01. The maximum Gasteiger partial charge on any atom is 0.193 e. The van der Waals surface area contributed by atoms with Gasteiger partial charge in [-0.25, -0.2) is 4.39 Å². The number of fused-ring (bicyclic) bond motifs is 1. The van der Waals surface area contributed by atoms with E-state index in [0.29, 0.717) is 11.1 Å². The molecule has 0 saturated heterocycles. The monoisotopic (exact) mass is 280 g/mol. The van der Waals surface area contributed by atoms with Gasteiger partial charge < -0.3 is 4.74 Å². The molecule has 0 saturated carbocycles. The van der Waals surface area contributed by atoms with Crippen molar-refractivity contribution in [1.82, 2.24) is 0 Å². The second-order valence-corrected chi connectivity index (χ2v) is 4.74. The van der Waals surface area contributed by atoms with E-state index in [-0.39, 0.29) is 11.5 Å². The summed E-state index contributed by atoms with van der Waals surface area (Å²) in [6.45, 7) is 0. The van der Waals surface area contributed by atoms with Crippen LogP contribution in [0.15, 0.2) is 60.7 Å². The van der Waals surface area contributed by atoms with Crippen LogP contribution in [0.2, 0.25) is 0 Å². The summed E-state index contributed by atoms with van der Waals surface area (Å²) in [6.07, 6.45) is 0. The van der Waals surface area contributed by atoms with Crippen molar-refractivity contribution in [2.24, 2.45) is 0 Å². The Morgan fingerprint density at radius 2 is 1.57 bits per heavy atom. The molecule has 3 heteroatoms. The van der Waals surface area contributed by atoms with Crippen molar-refractivity contribution in [2.45, 2.75) is 0 Å². The van der Waals surface area contributed by atoms with E-state index in [1.54, 1.807) is 12.1 Å². The second kappa shape index (κ2) is 5.37. The summed E-state index contributed by atoms with van der Waals surface area (Å²) in [6, 6.07) is 17.5. The van der Waals surface area contributed by atoms with Gasteiger partial charge in [-0.2, -0.15) is 0 Å². The third-order valence-corrected chi connectivity index (χ3v) is 3.43. The topological polar surface area (TPSA) is 26.3 Å². The van der Waals surface area contributed by atoms with Crippen LogP contribution >= 0.6 is 0 Å². The molecule has 0 amide bonds. The zero-order chi connectivity index (χ0) is 14.8. The number of hydrogen-bond donors (Lipinski definition) is 0. The minimum Gasteiger partial charge on any atom is -0.494 e. The number of carbonyl (C=O) groups is 1. The van der Waals surface area contributed by atoms with Crippen LogP contribution in [0, 0.1) is 5.82 Å². The maximum absolute atomic E-state index is 13.7. The maximum atomic E-state index is 13.7. The average molecular weight is 280 g/mol. The molecule has 3 aromatic carbocycles. The third kappa shape index (κ3) is 2.50. The van der Waals surface area contributed by atoms with Crippen molar-refractivity contribution in [3.63, 3.8) is 0 Å². The van der Waals surface area contributed by atoms with E-state index in [1.807, 2.05) is 36.4 Å². The first-order valence-electron chi connectivity index (χ1n) is 6.56.